The molecule has 1 amide bonds. The Labute approximate surface area is 114 Å². The van der Waals surface area contributed by atoms with Crippen molar-refractivity contribution >= 4 is 11.9 Å². The predicted octanol–water partition coefficient (Wildman–Crippen LogP) is 1.37. The number of carbonyl (C=O) groups is 2. The van der Waals surface area contributed by atoms with Crippen molar-refractivity contribution in [3.63, 3.8) is 0 Å². The van der Waals surface area contributed by atoms with Crippen molar-refractivity contribution in [3.05, 3.63) is 0 Å². The first-order chi connectivity index (χ1) is 8.81. The van der Waals surface area contributed by atoms with Gasteiger partial charge in [0.05, 0.1) is 12.5 Å². The topological polar surface area (TPSA) is 92.4 Å². The monoisotopic (exact) mass is 270 g/mol. The van der Waals surface area contributed by atoms with E-state index in [9.17, 15) is 9.59 Å². The van der Waals surface area contributed by atoms with Crippen LogP contribution in [0.15, 0.2) is 0 Å². The van der Waals surface area contributed by atoms with E-state index >= 15 is 0 Å². The minimum atomic E-state index is -1.04. The Balaban J connectivity index is 2.60. The van der Waals surface area contributed by atoms with Crippen molar-refractivity contribution in [2.45, 2.75) is 58.5 Å². The van der Waals surface area contributed by atoms with Crippen LogP contribution in [0.5, 0.6) is 0 Å². The Morgan fingerprint density at radius 1 is 1.37 bits per heavy atom. The highest BCUT2D eigenvalue weighted by Crippen LogP contribution is 2.33. The van der Waals surface area contributed by atoms with E-state index in [0.717, 1.165) is 12.8 Å². The summed E-state index contributed by atoms with van der Waals surface area (Å²) in [6.45, 7) is 6.51. The van der Waals surface area contributed by atoms with Crippen LogP contribution in [0.1, 0.15) is 46.5 Å². The molecule has 1 aliphatic rings. The SMILES string of the molecule is CC1CCC(C(C)C)C(NC(=O)C(N)CC(=O)O)C1. The third-order valence-electron chi connectivity index (χ3n) is 4.08. The van der Waals surface area contributed by atoms with E-state index in [1.54, 1.807) is 0 Å². The van der Waals surface area contributed by atoms with E-state index in [4.69, 9.17) is 10.8 Å². The molecule has 5 nitrogen and oxygen atoms in total. The van der Waals surface area contributed by atoms with Gasteiger partial charge in [-0.3, -0.25) is 9.59 Å². The van der Waals surface area contributed by atoms with Gasteiger partial charge in [-0.2, -0.15) is 0 Å². The molecule has 1 fully saturated rings. The molecule has 1 rings (SSSR count). The molecule has 0 heterocycles. The molecule has 0 radical (unpaired) electrons. The van der Waals surface area contributed by atoms with Gasteiger partial charge in [0.1, 0.15) is 0 Å². The van der Waals surface area contributed by atoms with Crippen LogP contribution in [-0.2, 0) is 9.59 Å². The molecule has 0 aromatic rings. The lowest BCUT2D eigenvalue weighted by atomic mass is 9.74. The Morgan fingerprint density at radius 3 is 2.53 bits per heavy atom. The Hall–Kier alpha value is -1.10. The number of carboxylic acid groups (broad SMARTS) is 1. The maximum atomic E-state index is 11.9. The van der Waals surface area contributed by atoms with Crippen LogP contribution in [0.3, 0.4) is 0 Å². The number of aliphatic carboxylic acids is 1. The first kappa shape index (κ1) is 16.0. The largest absolute Gasteiger partial charge is 0.481 e. The maximum Gasteiger partial charge on any atom is 0.305 e. The number of carbonyl (C=O) groups excluding carboxylic acids is 1. The minimum Gasteiger partial charge on any atom is -0.481 e. The molecule has 4 N–H and O–H groups in total. The highest BCUT2D eigenvalue weighted by Gasteiger charge is 2.32. The van der Waals surface area contributed by atoms with Gasteiger partial charge in [-0.15, -0.1) is 0 Å². The molecule has 19 heavy (non-hydrogen) atoms. The van der Waals surface area contributed by atoms with Gasteiger partial charge in [-0.05, 0) is 30.6 Å². The van der Waals surface area contributed by atoms with Crippen LogP contribution in [0.2, 0.25) is 0 Å². The van der Waals surface area contributed by atoms with E-state index in [2.05, 4.69) is 26.1 Å². The lowest BCUT2D eigenvalue weighted by Crippen LogP contribution is -2.51. The normalized spacial score (nSPS) is 29.0. The van der Waals surface area contributed by atoms with Crippen LogP contribution in [-0.4, -0.2) is 29.1 Å². The summed E-state index contributed by atoms with van der Waals surface area (Å²) in [5, 5.41) is 11.6. The van der Waals surface area contributed by atoms with Crippen molar-refractivity contribution < 1.29 is 14.7 Å². The molecule has 110 valence electrons. The molecule has 0 aromatic carbocycles. The van der Waals surface area contributed by atoms with Crippen molar-refractivity contribution in [1.82, 2.24) is 5.32 Å². The number of amides is 1. The van der Waals surface area contributed by atoms with Crippen LogP contribution >= 0.6 is 0 Å². The van der Waals surface area contributed by atoms with Crippen LogP contribution in [0.25, 0.3) is 0 Å². The van der Waals surface area contributed by atoms with Gasteiger partial charge in [0, 0.05) is 6.04 Å². The molecule has 4 unspecified atom stereocenters. The van der Waals surface area contributed by atoms with Crippen molar-refractivity contribution in [1.29, 1.82) is 0 Å². The highest BCUT2D eigenvalue weighted by molar-refractivity contribution is 5.86. The van der Waals surface area contributed by atoms with E-state index in [1.165, 1.54) is 6.42 Å². The molecule has 0 aliphatic heterocycles. The van der Waals surface area contributed by atoms with Gasteiger partial charge in [0.2, 0.25) is 5.91 Å². The highest BCUT2D eigenvalue weighted by atomic mass is 16.4. The van der Waals surface area contributed by atoms with Crippen molar-refractivity contribution in [3.8, 4) is 0 Å². The zero-order chi connectivity index (χ0) is 14.6. The number of hydrogen-bond acceptors (Lipinski definition) is 3. The quantitative estimate of drug-likeness (QED) is 0.703. The summed E-state index contributed by atoms with van der Waals surface area (Å²) < 4.78 is 0. The van der Waals surface area contributed by atoms with Crippen molar-refractivity contribution in [2.75, 3.05) is 0 Å². The van der Waals surface area contributed by atoms with Crippen LogP contribution in [0.4, 0.5) is 0 Å². The lowest BCUT2D eigenvalue weighted by Gasteiger charge is -2.38. The Bertz CT molecular complexity index is 331. The molecule has 4 atom stereocenters. The third-order valence-corrected chi connectivity index (χ3v) is 4.08. The molecule has 1 aliphatic carbocycles. The smallest absolute Gasteiger partial charge is 0.305 e. The maximum absolute atomic E-state index is 11.9. The van der Waals surface area contributed by atoms with E-state index in [-0.39, 0.29) is 18.4 Å². The minimum absolute atomic E-state index is 0.121. The molecule has 0 aromatic heterocycles. The van der Waals surface area contributed by atoms with E-state index < -0.39 is 12.0 Å². The molecule has 1 saturated carbocycles. The predicted molar refractivity (Wildman–Crippen MR) is 73.5 cm³/mol. The summed E-state index contributed by atoms with van der Waals surface area (Å²) in [6.07, 6.45) is 2.93. The number of rotatable bonds is 5. The first-order valence-corrected chi connectivity index (χ1v) is 7.09. The molecule has 5 heteroatoms. The second-order valence-corrected chi connectivity index (χ2v) is 6.15. The fraction of sp³-hybridized carbons (Fsp3) is 0.857. The molecule has 0 bridgehead atoms. The lowest BCUT2D eigenvalue weighted by molar-refractivity contribution is -0.139. The average molecular weight is 270 g/mol. The van der Waals surface area contributed by atoms with Gasteiger partial charge in [-0.25, -0.2) is 0 Å². The second-order valence-electron chi connectivity index (χ2n) is 6.15. The molecule has 0 saturated heterocycles. The molecule has 0 spiro atoms. The van der Waals surface area contributed by atoms with E-state index in [1.807, 2.05) is 0 Å². The van der Waals surface area contributed by atoms with Gasteiger partial charge in [0.15, 0.2) is 0 Å². The number of nitrogens with two attached hydrogens (primary N) is 1. The average Bonchev–Trinajstić information content (AvgIpc) is 2.27. The van der Waals surface area contributed by atoms with Gasteiger partial charge in [-0.1, -0.05) is 27.2 Å². The third kappa shape index (κ3) is 4.82. The number of hydrogen-bond donors (Lipinski definition) is 3. The standard InChI is InChI=1S/C14H26N2O3/c1-8(2)10-5-4-9(3)6-12(10)16-14(19)11(15)7-13(17)18/h8-12H,4-7,15H2,1-3H3,(H,16,19)(H,17,18). The fourth-order valence-electron chi connectivity index (χ4n) is 2.94. The summed E-state index contributed by atoms with van der Waals surface area (Å²) in [4.78, 5) is 22.5. The summed E-state index contributed by atoms with van der Waals surface area (Å²) in [6, 6.07) is -0.835. The number of nitrogens with one attached hydrogen (secondary N) is 1. The second kappa shape index (κ2) is 6.89. The zero-order valence-corrected chi connectivity index (χ0v) is 12.1. The fourth-order valence-corrected chi connectivity index (χ4v) is 2.94. The van der Waals surface area contributed by atoms with E-state index in [0.29, 0.717) is 17.8 Å². The van der Waals surface area contributed by atoms with Crippen LogP contribution in [0, 0.1) is 17.8 Å². The number of carboxylic acids is 1. The van der Waals surface area contributed by atoms with Gasteiger partial charge in [0.25, 0.3) is 0 Å². The van der Waals surface area contributed by atoms with Crippen molar-refractivity contribution in [2.24, 2.45) is 23.5 Å². The summed E-state index contributed by atoms with van der Waals surface area (Å²) in [5.74, 6) is 0.175. The first-order valence-electron chi connectivity index (χ1n) is 7.09. The summed E-state index contributed by atoms with van der Waals surface area (Å²) >= 11 is 0. The zero-order valence-electron chi connectivity index (χ0n) is 12.1. The summed E-state index contributed by atoms with van der Waals surface area (Å²) in [5.41, 5.74) is 5.60. The van der Waals surface area contributed by atoms with Gasteiger partial charge < -0.3 is 16.2 Å². The Kier molecular flexibility index (Phi) is 5.79. The Morgan fingerprint density at radius 2 is 2.00 bits per heavy atom. The van der Waals surface area contributed by atoms with Crippen LogP contribution < -0.4 is 11.1 Å². The van der Waals surface area contributed by atoms with Gasteiger partial charge >= 0.3 is 5.97 Å². The summed E-state index contributed by atoms with van der Waals surface area (Å²) in [7, 11) is 0. The molecular weight excluding hydrogens is 244 g/mol. The molecular formula is C14H26N2O3.